The van der Waals surface area contributed by atoms with Gasteiger partial charge in [0.05, 0.1) is 5.56 Å². The molecular formula is C44H31BO10. The topological polar surface area (TPSA) is 195 Å². The summed E-state index contributed by atoms with van der Waals surface area (Å²) < 4.78 is 6.31. The third kappa shape index (κ3) is 4.90. The van der Waals surface area contributed by atoms with Crippen LogP contribution in [0.5, 0.6) is 51.7 Å². The molecule has 0 atom stereocenters. The molecule has 0 aliphatic carbocycles. The third-order valence-corrected chi connectivity index (χ3v) is 10.2. The van der Waals surface area contributed by atoms with Gasteiger partial charge in [-0.2, -0.15) is 0 Å². The fourth-order valence-electron chi connectivity index (χ4n) is 7.63. The molecule has 0 bridgehead atoms. The van der Waals surface area contributed by atoms with Crippen LogP contribution in [0.4, 0.5) is 0 Å². The summed E-state index contributed by atoms with van der Waals surface area (Å²) in [5, 5.41) is 97.6. The SMILES string of the molecule is Bc1c(O)c(O)c(O)c(O)c1-c1ccc(-c2c(C=C)c(C=C)c(-c3cc(-c4c(O)c(O)c(O)c(O)c4O)cc4oc5ccccc5c34)c3ccccc23)cc1. The molecule has 8 rings (SSSR count). The molecule has 0 radical (unpaired) electrons. The molecule has 55 heavy (non-hydrogen) atoms. The van der Waals surface area contributed by atoms with Crippen molar-refractivity contribution in [3.63, 3.8) is 0 Å². The number of fused-ring (bicyclic) bond motifs is 4. The summed E-state index contributed by atoms with van der Waals surface area (Å²) in [7, 11) is 1.51. The van der Waals surface area contributed by atoms with Crippen LogP contribution in [0.1, 0.15) is 11.1 Å². The van der Waals surface area contributed by atoms with E-state index in [1.54, 1.807) is 36.4 Å². The summed E-state index contributed by atoms with van der Waals surface area (Å²) in [5.41, 5.74) is 5.75. The quantitative estimate of drug-likeness (QED) is 0.0456. The van der Waals surface area contributed by atoms with Crippen LogP contribution in [0.2, 0.25) is 0 Å². The molecule has 0 unspecified atom stereocenters. The molecule has 8 aromatic rings. The Morgan fingerprint density at radius 1 is 0.436 bits per heavy atom. The van der Waals surface area contributed by atoms with Crippen molar-refractivity contribution >= 4 is 58.2 Å². The van der Waals surface area contributed by atoms with Gasteiger partial charge in [-0.15, -0.1) is 0 Å². The van der Waals surface area contributed by atoms with Crippen LogP contribution in [0.25, 0.3) is 89.4 Å². The highest BCUT2D eigenvalue weighted by Crippen LogP contribution is 2.56. The number of aromatic hydroxyl groups is 9. The predicted octanol–water partition coefficient (Wildman–Crippen LogP) is 8.30. The van der Waals surface area contributed by atoms with Gasteiger partial charge in [0.25, 0.3) is 0 Å². The van der Waals surface area contributed by atoms with Crippen molar-refractivity contribution in [2.45, 2.75) is 0 Å². The highest BCUT2D eigenvalue weighted by molar-refractivity contribution is 6.39. The minimum absolute atomic E-state index is 0.152. The Labute approximate surface area is 313 Å². The molecule has 0 amide bonds. The van der Waals surface area contributed by atoms with Gasteiger partial charge in [0.1, 0.15) is 19.0 Å². The number of hydrogen-bond acceptors (Lipinski definition) is 10. The first-order valence-electron chi connectivity index (χ1n) is 16.9. The van der Waals surface area contributed by atoms with Crippen molar-refractivity contribution in [2.24, 2.45) is 0 Å². The zero-order valence-corrected chi connectivity index (χ0v) is 29.1. The fraction of sp³-hybridized carbons (Fsp3) is 0. The van der Waals surface area contributed by atoms with E-state index in [9.17, 15) is 46.0 Å². The van der Waals surface area contributed by atoms with Crippen LogP contribution in [0, 0.1) is 0 Å². The third-order valence-electron chi connectivity index (χ3n) is 10.2. The molecule has 0 aliphatic rings. The Morgan fingerprint density at radius 3 is 1.47 bits per heavy atom. The van der Waals surface area contributed by atoms with E-state index < -0.39 is 51.7 Å². The van der Waals surface area contributed by atoms with Crippen LogP contribution in [0.3, 0.4) is 0 Å². The van der Waals surface area contributed by atoms with Crippen molar-refractivity contribution in [2.75, 3.05) is 0 Å². The largest absolute Gasteiger partial charge is 0.505 e. The highest BCUT2D eigenvalue weighted by atomic mass is 16.4. The van der Waals surface area contributed by atoms with E-state index in [0.717, 1.165) is 27.3 Å². The minimum atomic E-state index is -1.07. The summed E-state index contributed by atoms with van der Waals surface area (Å²) in [6.45, 7) is 8.37. The molecule has 1 heterocycles. The van der Waals surface area contributed by atoms with Crippen molar-refractivity contribution in [1.82, 2.24) is 0 Å². The molecule has 1 aromatic heterocycles. The molecular weight excluding hydrogens is 699 g/mol. The standard InChI is InChI=1S/C44H31BO10/c1-3-22-23(4-2)33(25-10-6-5-9-24(25)30(22)19-13-15-20(16-14-19)31-35(45)39(49)43(53)40(50)36(31)46)27-17-21(32-37(47)41(51)44(54)42(52)38(32)48)18-29-34(27)26-11-7-8-12-28(26)55-29/h3-18,46-54H,1-2,45H2. The van der Waals surface area contributed by atoms with Gasteiger partial charge in [0.15, 0.2) is 23.0 Å². The maximum Gasteiger partial charge on any atom is 0.208 e. The molecule has 10 nitrogen and oxygen atoms in total. The van der Waals surface area contributed by atoms with Crippen molar-refractivity contribution in [1.29, 1.82) is 0 Å². The average molecular weight is 731 g/mol. The summed E-state index contributed by atoms with van der Waals surface area (Å²) in [6.07, 6.45) is 3.42. The average Bonchev–Trinajstić information content (AvgIpc) is 3.58. The first-order chi connectivity index (χ1) is 26.4. The first-order valence-corrected chi connectivity index (χ1v) is 16.9. The number of phenolic OH excluding ortho intramolecular Hbond substituents is 9. The normalized spacial score (nSPS) is 11.4. The van der Waals surface area contributed by atoms with Crippen molar-refractivity contribution in [3.8, 4) is 96.3 Å². The Morgan fingerprint density at radius 2 is 0.891 bits per heavy atom. The highest BCUT2D eigenvalue weighted by Gasteiger charge is 2.28. The van der Waals surface area contributed by atoms with E-state index in [1.807, 2.05) is 60.7 Å². The van der Waals surface area contributed by atoms with E-state index in [2.05, 4.69) is 13.2 Å². The van der Waals surface area contributed by atoms with Crippen LogP contribution >= 0.6 is 0 Å². The van der Waals surface area contributed by atoms with Gasteiger partial charge < -0.3 is 50.4 Å². The number of rotatable bonds is 6. The Kier molecular flexibility index (Phi) is 7.82. The van der Waals surface area contributed by atoms with Gasteiger partial charge in [-0.25, -0.2) is 0 Å². The molecule has 9 N–H and O–H groups in total. The Bertz CT molecular complexity index is 2900. The van der Waals surface area contributed by atoms with E-state index in [-0.39, 0.29) is 22.2 Å². The lowest BCUT2D eigenvalue weighted by Crippen LogP contribution is -2.08. The molecule has 7 aromatic carbocycles. The van der Waals surface area contributed by atoms with Gasteiger partial charge in [0.2, 0.25) is 28.7 Å². The monoisotopic (exact) mass is 730 g/mol. The number of hydrogen-bond donors (Lipinski definition) is 9. The summed E-state index contributed by atoms with van der Waals surface area (Å²) in [5.74, 6) is -7.57. The zero-order chi connectivity index (χ0) is 39.0. The lowest BCUT2D eigenvalue weighted by atomic mass is 9.81. The van der Waals surface area contributed by atoms with E-state index in [0.29, 0.717) is 44.4 Å². The summed E-state index contributed by atoms with van der Waals surface area (Å²) in [4.78, 5) is 0. The zero-order valence-electron chi connectivity index (χ0n) is 29.1. The molecule has 0 aliphatic heterocycles. The molecule has 0 saturated heterocycles. The van der Waals surface area contributed by atoms with Gasteiger partial charge in [-0.1, -0.05) is 92.0 Å². The van der Waals surface area contributed by atoms with E-state index in [1.165, 1.54) is 7.85 Å². The first kappa shape index (κ1) is 34.4. The smallest absolute Gasteiger partial charge is 0.208 e. The number of benzene rings is 7. The molecule has 0 fully saturated rings. The second kappa shape index (κ2) is 12.5. The number of furan rings is 1. The maximum atomic E-state index is 11.0. The molecule has 11 heteroatoms. The van der Waals surface area contributed by atoms with E-state index in [4.69, 9.17) is 4.42 Å². The Balaban J connectivity index is 1.45. The minimum Gasteiger partial charge on any atom is -0.505 e. The maximum absolute atomic E-state index is 11.0. The summed E-state index contributed by atoms with van der Waals surface area (Å²) in [6, 6.07) is 25.5. The van der Waals surface area contributed by atoms with E-state index >= 15 is 0 Å². The lowest BCUT2D eigenvalue weighted by molar-refractivity contribution is 0.330. The number of phenols is 9. The number of para-hydroxylation sites is 1. The van der Waals surface area contributed by atoms with Crippen LogP contribution < -0.4 is 5.46 Å². The molecule has 0 spiro atoms. The fourth-order valence-corrected chi connectivity index (χ4v) is 7.63. The molecule has 270 valence electrons. The van der Waals surface area contributed by atoms with Gasteiger partial charge in [-0.3, -0.25) is 0 Å². The van der Waals surface area contributed by atoms with Crippen molar-refractivity contribution in [3.05, 3.63) is 109 Å². The predicted molar refractivity (Wildman–Crippen MR) is 216 cm³/mol. The second-order valence-electron chi connectivity index (χ2n) is 13.1. The van der Waals surface area contributed by atoms with Crippen molar-refractivity contribution < 1.29 is 50.4 Å². The van der Waals surface area contributed by atoms with Gasteiger partial charge in [0, 0.05) is 16.3 Å². The van der Waals surface area contributed by atoms with Crippen LogP contribution in [-0.2, 0) is 0 Å². The van der Waals surface area contributed by atoms with Gasteiger partial charge >= 0.3 is 0 Å². The lowest BCUT2D eigenvalue weighted by Gasteiger charge is -2.22. The second-order valence-corrected chi connectivity index (χ2v) is 13.1. The van der Waals surface area contributed by atoms with Crippen LogP contribution in [-0.4, -0.2) is 53.8 Å². The van der Waals surface area contributed by atoms with Gasteiger partial charge in [-0.05, 0) is 78.9 Å². The summed E-state index contributed by atoms with van der Waals surface area (Å²) >= 11 is 0. The van der Waals surface area contributed by atoms with Crippen LogP contribution in [0.15, 0.2) is 103 Å². The Hall–Kier alpha value is -7.66. The molecule has 0 saturated carbocycles.